The van der Waals surface area contributed by atoms with Crippen LogP contribution in [0, 0.1) is 6.92 Å². The van der Waals surface area contributed by atoms with Crippen LogP contribution in [0.3, 0.4) is 0 Å². The molecule has 7 nitrogen and oxygen atoms in total. The molecule has 1 aliphatic heterocycles. The summed E-state index contributed by atoms with van der Waals surface area (Å²) in [5.74, 6) is -0.750. The normalized spacial score (nSPS) is 19.5. The van der Waals surface area contributed by atoms with E-state index >= 15 is 0 Å². The van der Waals surface area contributed by atoms with E-state index in [1.54, 1.807) is 28.9 Å². The van der Waals surface area contributed by atoms with Crippen LogP contribution in [-0.4, -0.2) is 38.7 Å². The zero-order valence-electron chi connectivity index (χ0n) is 19.8. The number of aromatic nitrogens is 3. The lowest BCUT2D eigenvalue weighted by Crippen LogP contribution is -2.62. The van der Waals surface area contributed by atoms with Gasteiger partial charge in [0.15, 0.2) is 17.4 Å². The molecule has 1 fully saturated rings. The monoisotopic (exact) mass is 522 g/mol. The average Bonchev–Trinajstić information content (AvgIpc) is 3.62. The van der Waals surface area contributed by atoms with Crippen LogP contribution in [0.25, 0.3) is 5.69 Å². The average molecular weight is 523 g/mol. The smallest absolute Gasteiger partial charge is 0.364 e. The molecule has 5 rings (SSSR count). The van der Waals surface area contributed by atoms with E-state index in [0.29, 0.717) is 36.0 Å². The number of halogens is 2. The first-order valence-corrected chi connectivity index (χ1v) is 12.5. The standard InChI is InChI=1S/C27H25Cl2N5O2/c1-18-15-22(31-33(18)17-19-16-20(28)10-11-21(19)29)27(36)34(14-6-9-25(34)26(30)35)24-8-3-2-7-23(24)32-12-4-5-13-32/h2-5,7-8,10-13,15-16,25H,6,9,14,17H2,1H3,(H-,30,35)/p+1/t25-,34?/m0/s1. The molecule has 2 aromatic heterocycles. The number of likely N-dealkylation sites (tertiary alicyclic amines) is 1. The molecule has 2 atom stereocenters. The van der Waals surface area contributed by atoms with Gasteiger partial charge in [0.05, 0.1) is 13.1 Å². The Morgan fingerprint density at radius 1 is 1.08 bits per heavy atom. The summed E-state index contributed by atoms with van der Waals surface area (Å²) in [7, 11) is 0. The highest BCUT2D eigenvalue weighted by molar-refractivity contribution is 6.33. The Morgan fingerprint density at radius 3 is 2.58 bits per heavy atom. The Labute approximate surface area is 219 Å². The van der Waals surface area contributed by atoms with E-state index in [9.17, 15) is 9.59 Å². The van der Waals surface area contributed by atoms with Gasteiger partial charge in [-0.1, -0.05) is 35.3 Å². The molecule has 2 amide bonds. The van der Waals surface area contributed by atoms with Crippen LogP contribution in [-0.2, 0) is 11.3 Å². The Balaban J connectivity index is 1.62. The van der Waals surface area contributed by atoms with Gasteiger partial charge in [-0.3, -0.25) is 9.48 Å². The van der Waals surface area contributed by atoms with Crippen LogP contribution in [0.5, 0.6) is 0 Å². The predicted octanol–water partition coefficient (Wildman–Crippen LogP) is 5.13. The van der Waals surface area contributed by atoms with Gasteiger partial charge in [-0.2, -0.15) is 5.10 Å². The Morgan fingerprint density at radius 2 is 1.83 bits per heavy atom. The number of nitrogens with zero attached hydrogens (tertiary/aromatic N) is 4. The van der Waals surface area contributed by atoms with Gasteiger partial charge in [-0.25, -0.2) is 9.28 Å². The number of para-hydroxylation sites is 2. The number of hydrogen-bond acceptors (Lipinski definition) is 3. The van der Waals surface area contributed by atoms with E-state index in [1.165, 1.54) is 0 Å². The van der Waals surface area contributed by atoms with Crippen molar-refractivity contribution in [1.82, 2.24) is 18.8 Å². The maximum Gasteiger partial charge on any atom is 0.372 e. The van der Waals surface area contributed by atoms with Crippen molar-refractivity contribution in [2.24, 2.45) is 5.73 Å². The van der Waals surface area contributed by atoms with Gasteiger partial charge in [0, 0.05) is 47.0 Å². The highest BCUT2D eigenvalue weighted by Crippen LogP contribution is 2.40. The van der Waals surface area contributed by atoms with E-state index in [-0.39, 0.29) is 16.1 Å². The summed E-state index contributed by atoms with van der Waals surface area (Å²) in [6.07, 6.45) is 5.06. The highest BCUT2D eigenvalue weighted by atomic mass is 35.5. The fourth-order valence-corrected chi connectivity index (χ4v) is 5.60. The van der Waals surface area contributed by atoms with Crippen molar-refractivity contribution >= 4 is 40.7 Å². The van der Waals surface area contributed by atoms with Crippen molar-refractivity contribution < 1.29 is 9.59 Å². The van der Waals surface area contributed by atoms with Gasteiger partial charge in [-0.05, 0) is 55.0 Å². The molecule has 3 heterocycles. The molecule has 4 aromatic rings. The quantitative estimate of drug-likeness (QED) is 0.356. The minimum atomic E-state index is -0.693. The summed E-state index contributed by atoms with van der Waals surface area (Å²) in [6, 6.07) is 17.8. The summed E-state index contributed by atoms with van der Waals surface area (Å²) in [5.41, 5.74) is 9.32. The maximum atomic E-state index is 14.4. The van der Waals surface area contributed by atoms with Gasteiger partial charge in [0.1, 0.15) is 5.69 Å². The third-order valence-corrected chi connectivity index (χ3v) is 7.54. The van der Waals surface area contributed by atoms with E-state index < -0.39 is 11.9 Å². The third-order valence-electron chi connectivity index (χ3n) is 6.93. The summed E-state index contributed by atoms with van der Waals surface area (Å²) in [5, 5.41) is 5.81. The molecule has 36 heavy (non-hydrogen) atoms. The van der Waals surface area contributed by atoms with E-state index in [0.717, 1.165) is 22.6 Å². The van der Waals surface area contributed by atoms with Crippen molar-refractivity contribution in [3.05, 3.63) is 100 Å². The van der Waals surface area contributed by atoms with Crippen LogP contribution in [0.1, 0.15) is 34.6 Å². The zero-order chi connectivity index (χ0) is 25.4. The molecule has 1 aliphatic rings. The van der Waals surface area contributed by atoms with Gasteiger partial charge < -0.3 is 10.3 Å². The highest BCUT2D eigenvalue weighted by Gasteiger charge is 2.55. The minimum Gasteiger partial charge on any atom is -0.364 e. The molecule has 2 aromatic carbocycles. The Kier molecular flexibility index (Phi) is 6.47. The molecule has 2 N–H and O–H groups in total. The molecule has 1 saturated heterocycles. The van der Waals surface area contributed by atoms with Crippen LogP contribution >= 0.6 is 23.2 Å². The first-order chi connectivity index (χ1) is 17.3. The zero-order valence-corrected chi connectivity index (χ0v) is 21.3. The molecule has 0 radical (unpaired) electrons. The lowest BCUT2D eigenvalue weighted by atomic mass is 10.1. The largest absolute Gasteiger partial charge is 0.372 e. The second kappa shape index (κ2) is 9.58. The number of benzene rings is 2. The number of rotatable bonds is 6. The molecule has 1 unspecified atom stereocenters. The molecule has 0 bridgehead atoms. The topological polar surface area (TPSA) is 82.9 Å². The fourth-order valence-electron chi connectivity index (χ4n) is 5.23. The van der Waals surface area contributed by atoms with Crippen molar-refractivity contribution in [3.8, 4) is 5.69 Å². The van der Waals surface area contributed by atoms with Crippen LogP contribution < -0.4 is 10.2 Å². The van der Waals surface area contributed by atoms with Gasteiger partial charge in [0.25, 0.3) is 5.91 Å². The summed E-state index contributed by atoms with van der Waals surface area (Å²) >= 11 is 12.5. The molecular formula is C27H26Cl2N5O2+. The van der Waals surface area contributed by atoms with Crippen molar-refractivity contribution in [1.29, 1.82) is 0 Å². The maximum absolute atomic E-state index is 14.4. The molecule has 184 valence electrons. The summed E-state index contributed by atoms with van der Waals surface area (Å²) in [4.78, 5) is 27.1. The summed E-state index contributed by atoms with van der Waals surface area (Å²) < 4.78 is 3.48. The molecule has 0 aliphatic carbocycles. The van der Waals surface area contributed by atoms with Crippen LogP contribution in [0.15, 0.2) is 73.1 Å². The van der Waals surface area contributed by atoms with Crippen molar-refractivity contribution in [2.75, 3.05) is 6.54 Å². The summed E-state index contributed by atoms with van der Waals surface area (Å²) in [6.45, 7) is 2.70. The lowest BCUT2D eigenvalue weighted by molar-refractivity contribution is -0.121. The van der Waals surface area contributed by atoms with E-state index in [4.69, 9.17) is 28.9 Å². The van der Waals surface area contributed by atoms with Crippen molar-refractivity contribution in [2.45, 2.75) is 32.4 Å². The number of carbonyl (C=O) groups excluding carboxylic acids is 2. The number of carbonyl (C=O) groups is 2. The predicted molar refractivity (Wildman–Crippen MR) is 142 cm³/mol. The molecule has 0 spiro atoms. The first-order valence-electron chi connectivity index (χ1n) is 11.7. The van der Waals surface area contributed by atoms with Crippen LogP contribution in [0.2, 0.25) is 10.0 Å². The van der Waals surface area contributed by atoms with E-state index in [1.807, 2.05) is 60.3 Å². The number of hydrogen-bond donors (Lipinski definition) is 1. The number of amides is 2. The number of primary amides is 1. The van der Waals surface area contributed by atoms with Gasteiger partial charge >= 0.3 is 5.91 Å². The SMILES string of the molecule is Cc1cc(C(=O)[N+]2(c3ccccc3-n3cccc3)CCC[C@H]2C(N)=O)nn1Cc1cc(Cl)ccc1Cl. The second-order valence-electron chi connectivity index (χ2n) is 9.10. The Bertz CT molecular complexity index is 1450. The van der Waals surface area contributed by atoms with Crippen LogP contribution in [0.4, 0.5) is 5.69 Å². The molecule has 9 heteroatoms. The fraction of sp³-hybridized carbons (Fsp3) is 0.222. The number of nitrogens with two attached hydrogens (primary N) is 1. The van der Waals surface area contributed by atoms with Gasteiger partial charge in [0.2, 0.25) is 0 Å². The Hall–Kier alpha value is -3.39. The number of quaternary nitrogens is 1. The van der Waals surface area contributed by atoms with Crippen molar-refractivity contribution in [3.63, 3.8) is 0 Å². The van der Waals surface area contributed by atoms with E-state index in [2.05, 4.69) is 5.10 Å². The number of aryl methyl sites for hydroxylation is 1. The minimum absolute atomic E-state index is 0.196. The van der Waals surface area contributed by atoms with Gasteiger partial charge in [-0.15, -0.1) is 0 Å². The second-order valence-corrected chi connectivity index (χ2v) is 9.94. The third kappa shape index (κ3) is 4.13. The first kappa shape index (κ1) is 24.3. The molecular weight excluding hydrogens is 497 g/mol. The lowest BCUT2D eigenvalue weighted by Gasteiger charge is -2.36. The molecule has 0 saturated carbocycles.